The van der Waals surface area contributed by atoms with E-state index in [9.17, 15) is 0 Å². The third-order valence-corrected chi connectivity index (χ3v) is 3.42. The maximum absolute atomic E-state index is 6.08. The maximum atomic E-state index is 6.08. The SMILES string of the molecule is N[C@@H](CC1CC1)c1cc(I)cnc1Cl. The van der Waals surface area contributed by atoms with Crippen molar-refractivity contribution in [2.75, 3.05) is 0 Å². The lowest BCUT2D eigenvalue weighted by atomic mass is 10.0. The van der Waals surface area contributed by atoms with E-state index in [0.29, 0.717) is 5.15 Å². The molecule has 1 heterocycles. The molecule has 1 aliphatic rings. The number of hydrogen-bond donors (Lipinski definition) is 1. The summed E-state index contributed by atoms with van der Waals surface area (Å²) in [5, 5.41) is 0.554. The van der Waals surface area contributed by atoms with E-state index < -0.39 is 0 Å². The van der Waals surface area contributed by atoms with Gasteiger partial charge in [-0.1, -0.05) is 24.4 Å². The molecule has 1 aromatic rings. The van der Waals surface area contributed by atoms with Gasteiger partial charge < -0.3 is 5.73 Å². The Morgan fingerprint density at radius 2 is 2.36 bits per heavy atom. The van der Waals surface area contributed by atoms with Crippen LogP contribution in [-0.2, 0) is 0 Å². The molecule has 0 unspecified atom stereocenters. The topological polar surface area (TPSA) is 38.9 Å². The van der Waals surface area contributed by atoms with E-state index in [1.165, 1.54) is 12.8 Å². The molecule has 0 spiro atoms. The van der Waals surface area contributed by atoms with Gasteiger partial charge in [-0.15, -0.1) is 0 Å². The van der Waals surface area contributed by atoms with Gasteiger partial charge in [0.1, 0.15) is 5.15 Å². The molecule has 2 rings (SSSR count). The van der Waals surface area contributed by atoms with Crippen LogP contribution in [0.2, 0.25) is 5.15 Å². The molecule has 1 aliphatic carbocycles. The monoisotopic (exact) mass is 322 g/mol. The summed E-state index contributed by atoms with van der Waals surface area (Å²) in [7, 11) is 0. The zero-order valence-corrected chi connectivity index (χ0v) is 10.6. The lowest BCUT2D eigenvalue weighted by molar-refractivity contribution is 0.595. The minimum atomic E-state index is 0.0530. The highest BCUT2D eigenvalue weighted by Crippen LogP contribution is 2.37. The second kappa shape index (κ2) is 4.33. The zero-order valence-electron chi connectivity index (χ0n) is 7.71. The van der Waals surface area contributed by atoms with Crippen molar-refractivity contribution in [2.24, 2.45) is 11.7 Å². The van der Waals surface area contributed by atoms with Crippen LogP contribution >= 0.6 is 34.2 Å². The first kappa shape index (κ1) is 10.6. The average Bonchev–Trinajstić information content (AvgIpc) is 2.93. The van der Waals surface area contributed by atoms with Gasteiger partial charge in [-0.25, -0.2) is 4.98 Å². The van der Waals surface area contributed by atoms with E-state index in [1.807, 2.05) is 6.07 Å². The largest absolute Gasteiger partial charge is 0.324 e. The van der Waals surface area contributed by atoms with E-state index in [0.717, 1.165) is 21.5 Å². The van der Waals surface area contributed by atoms with Gasteiger partial charge in [0.2, 0.25) is 0 Å². The molecular weight excluding hydrogens is 310 g/mol. The number of hydrogen-bond acceptors (Lipinski definition) is 2. The maximum Gasteiger partial charge on any atom is 0.133 e. The summed E-state index contributed by atoms with van der Waals surface area (Å²) in [5.74, 6) is 0.818. The summed E-state index contributed by atoms with van der Waals surface area (Å²) in [5.41, 5.74) is 7.07. The van der Waals surface area contributed by atoms with Crippen molar-refractivity contribution in [3.63, 3.8) is 0 Å². The standard InChI is InChI=1S/C10H12ClIN2/c11-10-8(4-7(12)5-14-10)9(13)3-6-1-2-6/h4-6,9H,1-3,13H2/t9-/m0/s1. The highest BCUT2D eigenvalue weighted by atomic mass is 127. The summed E-state index contributed by atoms with van der Waals surface area (Å²) in [4.78, 5) is 4.11. The first-order chi connectivity index (χ1) is 6.66. The first-order valence-electron chi connectivity index (χ1n) is 4.73. The van der Waals surface area contributed by atoms with Crippen molar-refractivity contribution in [3.8, 4) is 0 Å². The summed E-state index contributed by atoms with van der Waals surface area (Å²) < 4.78 is 1.09. The molecule has 1 atom stereocenters. The van der Waals surface area contributed by atoms with E-state index >= 15 is 0 Å². The summed E-state index contributed by atoms with van der Waals surface area (Å²) in [6.45, 7) is 0. The molecule has 0 bridgehead atoms. The van der Waals surface area contributed by atoms with Gasteiger partial charge in [-0.05, 0) is 41.0 Å². The van der Waals surface area contributed by atoms with Gasteiger partial charge in [0.05, 0.1) is 0 Å². The molecule has 0 amide bonds. The molecule has 0 saturated heterocycles. The smallest absolute Gasteiger partial charge is 0.133 e. The number of nitrogens with two attached hydrogens (primary N) is 1. The van der Waals surface area contributed by atoms with E-state index in [2.05, 4.69) is 27.6 Å². The number of nitrogens with zero attached hydrogens (tertiary/aromatic N) is 1. The third kappa shape index (κ3) is 2.58. The predicted octanol–water partition coefficient (Wildman–Crippen LogP) is 3.14. The van der Waals surface area contributed by atoms with E-state index in [4.69, 9.17) is 17.3 Å². The van der Waals surface area contributed by atoms with Crippen molar-refractivity contribution in [1.29, 1.82) is 0 Å². The summed E-state index contributed by atoms with van der Waals surface area (Å²) in [6.07, 6.45) is 5.45. The van der Waals surface area contributed by atoms with Crippen LogP contribution in [0.5, 0.6) is 0 Å². The Morgan fingerprint density at radius 1 is 1.64 bits per heavy atom. The Morgan fingerprint density at radius 3 is 3.00 bits per heavy atom. The number of aromatic nitrogens is 1. The van der Waals surface area contributed by atoms with Crippen LogP contribution < -0.4 is 5.73 Å². The summed E-state index contributed by atoms with van der Waals surface area (Å²) in [6, 6.07) is 2.08. The van der Waals surface area contributed by atoms with Crippen LogP contribution in [0.4, 0.5) is 0 Å². The van der Waals surface area contributed by atoms with Crippen LogP contribution in [0.15, 0.2) is 12.3 Å². The third-order valence-electron chi connectivity index (χ3n) is 2.52. The van der Waals surface area contributed by atoms with Gasteiger partial charge in [0.15, 0.2) is 0 Å². The van der Waals surface area contributed by atoms with Gasteiger partial charge in [-0.2, -0.15) is 0 Å². The fraction of sp³-hybridized carbons (Fsp3) is 0.500. The molecule has 1 saturated carbocycles. The molecule has 0 radical (unpaired) electrons. The molecule has 4 heteroatoms. The van der Waals surface area contributed by atoms with Gasteiger partial charge in [-0.3, -0.25) is 0 Å². The molecule has 2 nitrogen and oxygen atoms in total. The lowest BCUT2D eigenvalue weighted by Crippen LogP contribution is -2.12. The normalized spacial score (nSPS) is 18.2. The minimum Gasteiger partial charge on any atom is -0.324 e. The predicted molar refractivity (Wildman–Crippen MR) is 66.2 cm³/mol. The minimum absolute atomic E-state index is 0.0530. The van der Waals surface area contributed by atoms with Crippen molar-refractivity contribution in [1.82, 2.24) is 4.98 Å². The van der Waals surface area contributed by atoms with Crippen molar-refractivity contribution >= 4 is 34.2 Å². The van der Waals surface area contributed by atoms with E-state index in [1.54, 1.807) is 6.20 Å². The van der Waals surface area contributed by atoms with E-state index in [-0.39, 0.29) is 6.04 Å². The molecular formula is C10H12ClIN2. The number of pyridine rings is 1. The Hall–Kier alpha value is 0.130. The van der Waals surface area contributed by atoms with Gasteiger partial charge in [0, 0.05) is 21.4 Å². The highest BCUT2D eigenvalue weighted by Gasteiger charge is 2.25. The Balaban J connectivity index is 2.15. The van der Waals surface area contributed by atoms with Gasteiger partial charge in [0.25, 0.3) is 0 Å². The second-order valence-electron chi connectivity index (χ2n) is 3.82. The molecule has 0 aliphatic heterocycles. The molecule has 1 aromatic heterocycles. The average molecular weight is 323 g/mol. The molecule has 1 fully saturated rings. The number of rotatable bonds is 3. The zero-order chi connectivity index (χ0) is 10.1. The quantitative estimate of drug-likeness (QED) is 0.686. The molecule has 76 valence electrons. The van der Waals surface area contributed by atoms with Crippen LogP contribution in [0.25, 0.3) is 0 Å². The molecule has 2 N–H and O–H groups in total. The molecule has 0 aromatic carbocycles. The van der Waals surface area contributed by atoms with Crippen molar-refractivity contribution < 1.29 is 0 Å². The van der Waals surface area contributed by atoms with Crippen LogP contribution in [0.1, 0.15) is 30.9 Å². The number of halogens is 2. The van der Waals surface area contributed by atoms with Crippen LogP contribution in [0, 0.1) is 9.49 Å². The van der Waals surface area contributed by atoms with Crippen LogP contribution in [0.3, 0.4) is 0 Å². The Labute approximate surface area is 102 Å². The van der Waals surface area contributed by atoms with Crippen LogP contribution in [-0.4, -0.2) is 4.98 Å². The Kier molecular flexibility index (Phi) is 3.29. The van der Waals surface area contributed by atoms with Gasteiger partial charge >= 0.3 is 0 Å². The van der Waals surface area contributed by atoms with Crippen molar-refractivity contribution in [2.45, 2.75) is 25.3 Å². The van der Waals surface area contributed by atoms with Crippen molar-refractivity contribution in [3.05, 3.63) is 26.5 Å². The first-order valence-corrected chi connectivity index (χ1v) is 6.19. The molecule has 14 heavy (non-hydrogen) atoms. The Bertz CT molecular complexity index is 339. The fourth-order valence-electron chi connectivity index (χ4n) is 1.54. The highest BCUT2D eigenvalue weighted by molar-refractivity contribution is 14.1. The fourth-order valence-corrected chi connectivity index (χ4v) is 2.26. The second-order valence-corrected chi connectivity index (χ2v) is 5.42. The lowest BCUT2D eigenvalue weighted by Gasteiger charge is -2.12. The summed E-state index contributed by atoms with van der Waals surface area (Å²) >= 11 is 8.23.